The summed E-state index contributed by atoms with van der Waals surface area (Å²) in [5.74, 6) is 0.932. The number of hydrogen-bond acceptors (Lipinski definition) is 3. The molecular weight excluding hydrogens is 188 g/mol. The van der Waals surface area contributed by atoms with Crippen LogP contribution in [0.25, 0.3) is 0 Å². The van der Waals surface area contributed by atoms with Gasteiger partial charge in [0, 0.05) is 17.8 Å². The first-order valence-corrected chi connectivity index (χ1v) is 5.62. The smallest absolute Gasteiger partial charge is 0.126 e. The van der Waals surface area contributed by atoms with Crippen molar-refractivity contribution in [2.45, 2.75) is 45.3 Å². The second-order valence-electron chi connectivity index (χ2n) is 4.27. The van der Waals surface area contributed by atoms with Crippen molar-refractivity contribution in [1.29, 1.82) is 0 Å². The summed E-state index contributed by atoms with van der Waals surface area (Å²) in [4.78, 5) is 4.32. The van der Waals surface area contributed by atoms with E-state index in [1.165, 1.54) is 12.8 Å². The van der Waals surface area contributed by atoms with Gasteiger partial charge in [-0.3, -0.25) is 0 Å². The lowest BCUT2D eigenvalue weighted by Crippen LogP contribution is -2.05. The molecule has 0 saturated heterocycles. The molecule has 3 nitrogen and oxygen atoms in total. The van der Waals surface area contributed by atoms with Crippen LogP contribution in [0.1, 0.15) is 43.4 Å². The summed E-state index contributed by atoms with van der Waals surface area (Å²) in [6, 6.07) is 2.64. The molecule has 0 radical (unpaired) electrons. The fourth-order valence-electron chi connectivity index (χ4n) is 1.65. The molecule has 0 aromatic carbocycles. The summed E-state index contributed by atoms with van der Waals surface area (Å²) in [6.45, 7) is 3.99. The maximum Gasteiger partial charge on any atom is 0.126 e. The molecule has 1 fully saturated rings. The van der Waals surface area contributed by atoms with Crippen molar-refractivity contribution in [3.05, 3.63) is 23.4 Å². The Bertz CT molecular complexity index is 347. The Morgan fingerprint density at radius 2 is 2.33 bits per heavy atom. The first-order valence-electron chi connectivity index (χ1n) is 5.62. The van der Waals surface area contributed by atoms with Gasteiger partial charge in [-0.1, -0.05) is 6.92 Å². The van der Waals surface area contributed by atoms with Crippen LogP contribution in [-0.2, 0) is 0 Å². The molecule has 1 aliphatic rings. The molecule has 82 valence electrons. The molecule has 2 N–H and O–H groups in total. The molecule has 1 aliphatic carbocycles. The molecule has 1 aromatic rings. The van der Waals surface area contributed by atoms with E-state index in [1.807, 2.05) is 19.9 Å². The monoisotopic (exact) mass is 206 g/mol. The van der Waals surface area contributed by atoms with Crippen molar-refractivity contribution in [3.8, 4) is 0 Å². The van der Waals surface area contributed by atoms with Gasteiger partial charge in [0.15, 0.2) is 0 Å². The van der Waals surface area contributed by atoms with E-state index >= 15 is 0 Å². The number of aromatic nitrogens is 1. The quantitative estimate of drug-likeness (QED) is 0.795. The van der Waals surface area contributed by atoms with Crippen molar-refractivity contribution in [3.63, 3.8) is 0 Å². The Hall–Kier alpha value is -1.09. The van der Waals surface area contributed by atoms with Gasteiger partial charge < -0.3 is 10.4 Å². The first kappa shape index (κ1) is 10.4. The number of nitrogens with one attached hydrogen (secondary N) is 1. The summed E-state index contributed by atoms with van der Waals surface area (Å²) in [5, 5.41) is 13.1. The van der Waals surface area contributed by atoms with Gasteiger partial charge in [-0.2, -0.15) is 0 Å². The average Bonchev–Trinajstić information content (AvgIpc) is 3.01. The summed E-state index contributed by atoms with van der Waals surface area (Å²) in [7, 11) is 0. The molecule has 3 heteroatoms. The molecule has 2 rings (SSSR count). The Labute approximate surface area is 90.5 Å². The average molecular weight is 206 g/mol. The van der Waals surface area contributed by atoms with Crippen LogP contribution in [-0.4, -0.2) is 16.1 Å². The number of aliphatic hydroxyl groups excluding tert-OH is 1. The number of rotatable bonds is 4. The predicted octanol–water partition coefficient (Wildman–Crippen LogP) is 2.41. The zero-order valence-electron chi connectivity index (χ0n) is 9.33. The Kier molecular flexibility index (Phi) is 2.91. The van der Waals surface area contributed by atoms with E-state index < -0.39 is 0 Å². The predicted molar refractivity (Wildman–Crippen MR) is 60.9 cm³/mol. The third-order valence-electron chi connectivity index (χ3n) is 2.83. The van der Waals surface area contributed by atoms with E-state index in [1.54, 1.807) is 6.20 Å². The minimum Gasteiger partial charge on any atom is -0.388 e. The van der Waals surface area contributed by atoms with E-state index in [-0.39, 0.29) is 6.10 Å². The van der Waals surface area contributed by atoms with Crippen LogP contribution < -0.4 is 5.32 Å². The van der Waals surface area contributed by atoms with Crippen molar-refractivity contribution in [2.24, 2.45) is 0 Å². The van der Waals surface area contributed by atoms with Crippen LogP contribution in [0.15, 0.2) is 12.3 Å². The lowest BCUT2D eigenvalue weighted by molar-refractivity contribution is 0.172. The molecule has 1 heterocycles. The second-order valence-corrected chi connectivity index (χ2v) is 4.27. The van der Waals surface area contributed by atoms with E-state index in [4.69, 9.17) is 0 Å². The van der Waals surface area contributed by atoms with E-state index in [0.29, 0.717) is 6.04 Å². The van der Waals surface area contributed by atoms with Crippen molar-refractivity contribution < 1.29 is 5.11 Å². The fraction of sp³-hybridized carbons (Fsp3) is 0.583. The standard InChI is InChI=1S/C12H18N2O/c1-3-11(15)10-7-13-12(6-8(10)2)14-9-4-5-9/h6-7,9,11,15H,3-5H2,1-2H3,(H,13,14). The van der Waals surface area contributed by atoms with Crippen LogP contribution in [0.4, 0.5) is 5.82 Å². The van der Waals surface area contributed by atoms with Gasteiger partial charge in [0.05, 0.1) is 6.10 Å². The van der Waals surface area contributed by atoms with Gasteiger partial charge in [-0.25, -0.2) is 4.98 Å². The van der Waals surface area contributed by atoms with Gasteiger partial charge >= 0.3 is 0 Å². The normalized spacial score (nSPS) is 17.5. The minimum atomic E-state index is -0.382. The topological polar surface area (TPSA) is 45.2 Å². The molecule has 1 saturated carbocycles. The molecule has 15 heavy (non-hydrogen) atoms. The van der Waals surface area contributed by atoms with Crippen molar-refractivity contribution >= 4 is 5.82 Å². The van der Waals surface area contributed by atoms with Gasteiger partial charge in [0.1, 0.15) is 5.82 Å². The van der Waals surface area contributed by atoms with Crippen LogP contribution in [0, 0.1) is 6.92 Å². The third-order valence-corrected chi connectivity index (χ3v) is 2.83. The number of hydrogen-bond donors (Lipinski definition) is 2. The molecule has 1 unspecified atom stereocenters. The number of aryl methyl sites for hydroxylation is 1. The van der Waals surface area contributed by atoms with Gasteiger partial charge in [0.2, 0.25) is 0 Å². The summed E-state index contributed by atoms with van der Waals surface area (Å²) < 4.78 is 0. The highest BCUT2D eigenvalue weighted by Gasteiger charge is 2.21. The number of pyridine rings is 1. The highest BCUT2D eigenvalue weighted by Crippen LogP contribution is 2.26. The number of aliphatic hydroxyl groups is 1. The van der Waals surface area contributed by atoms with Gasteiger partial charge in [0.25, 0.3) is 0 Å². The lowest BCUT2D eigenvalue weighted by Gasteiger charge is -2.12. The van der Waals surface area contributed by atoms with E-state index in [9.17, 15) is 5.11 Å². The summed E-state index contributed by atoms with van der Waals surface area (Å²) in [6.07, 6.45) is 4.64. The molecule has 0 spiro atoms. The van der Waals surface area contributed by atoms with Crippen LogP contribution >= 0.6 is 0 Å². The molecule has 0 amide bonds. The summed E-state index contributed by atoms with van der Waals surface area (Å²) >= 11 is 0. The Morgan fingerprint density at radius 1 is 1.60 bits per heavy atom. The maximum atomic E-state index is 9.73. The third kappa shape index (κ3) is 2.48. The SMILES string of the molecule is CCC(O)c1cnc(NC2CC2)cc1C. The highest BCUT2D eigenvalue weighted by atomic mass is 16.3. The Morgan fingerprint density at radius 3 is 2.87 bits per heavy atom. The van der Waals surface area contributed by atoms with Crippen molar-refractivity contribution in [2.75, 3.05) is 5.32 Å². The molecule has 0 bridgehead atoms. The maximum absolute atomic E-state index is 9.73. The molecular formula is C12H18N2O. The van der Waals surface area contributed by atoms with Crippen LogP contribution in [0.3, 0.4) is 0 Å². The highest BCUT2D eigenvalue weighted by molar-refractivity contribution is 5.42. The number of nitrogens with zero attached hydrogens (tertiary/aromatic N) is 1. The van der Waals surface area contributed by atoms with Crippen LogP contribution in [0.5, 0.6) is 0 Å². The molecule has 0 aliphatic heterocycles. The van der Waals surface area contributed by atoms with Gasteiger partial charge in [-0.15, -0.1) is 0 Å². The number of anilines is 1. The zero-order valence-corrected chi connectivity index (χ0v) is 9.33. The Balaban J connectivity index is 2.13. The fourth-order valence-corrected chi connectivity index (χ4v) is 1.65. The largest absolute Gasteiger partial charge is 0.388 e. The van der Waals surface area contributed by atoms with Crippen LogP contribution in [0.2, 0.25) is 0 Å². The minimum absolute atomic E-state index is 0.382. The molecule has 1 atom stereocenters. The summed E-state index contributed by atoms with van der Waals surface area (Å²) in [5.41, 5.74) is 2.06. The first-order chi connectivity index (χ1) is 7.20. The van der Waals surface area contributed by atoms with E-state index in [0.717, 1.165) is 23.4 Å². The molecule has 1 aromatic heterocycles. The lowest BCUT2D eigenvalue weighted by atomic mass is 10.0. The van der Waals surface area contributed by atoms with E-state index in [2.05, 4.69) is 10.3 Å². The van der Waals surface area contributed by atoms with Crippen molar-refractivity contribution in [1.82, 2.24) is 4.98 Å². The zero-order chi connectivity index (χ0) is 10.8. The van der Waals surface area contributed by atoms with Gasteiger partial charge in [-0.05, 0) is 37.8 Å². The second kappa shape index (κ2) is 4.19.